The van der Waals surface area contributed by atoms with Gasteiger partial charge in [0.05, 0.1) is 13.0 Å². The molecule has 1 rings (SSSR count). The lowest BCUT2D eigenvalue weighted by Gasteiger charge is -2.10. The molecule has 0 aliphatic rings. The van der Waals surface area contributed by atoms with Crippen LogP contribution in [-0.2, 0) is 16.0 Å². The average Bonchev–Trinajstić information content (AvgIpc) is 2.32. The highest BCUT2D eigenvalue weighted by Gasteiger charge is 2.11. The van der Waals surface area contributed by atoms with Crippen LogP contribution >= 0.6 is 0 Å². The molecule has 1 unspecified atom stereocenters. The summed E-state index contributed by atoms with van der Waals surface area (Å²) in [5.41, 5.74) is 0.589. The van der Waals surface area contributed by atoms with Crippen molar-refractivity contribution in [2.45, 2.75) is 13.3 Å². The van der Waals surface area contributed by atoms with Crippen molar-refractivity contribution >= 4 is 5.97 Å². The molecule has 0 bridgehead atoms. The minimum absolute atomic E-state index is 0.237. The summed E-state index contributed by atoms with van der Waals surface area (Å²) >= 11 is 0. The molecule has 5 heteroatoms. The zero-order chi connectivity index (χ0) is 13.5. The summed E-state index contributed by atoms with van der Waals surface area (Å²) in [6.07, 6.45) is 0.503. The van der Waals surface area contributed by atoms with E-state index >= 15 is 0 Å². The number of carbonyl (C=O) groups excluding carboxylic acids is 1. The van der Waals surface area contributed by atoms with Gasteiger partial charge in [-0.2, -0.15) is 0 Å². The molecule has 0 aliphatic heterocycles. The summed E-state index contributed by atoms with van der Waals surface area (Å²) in [4.78, 5) is 11.1. The van der Waals surface area contributed by atoms with Crippen molar-refractivity contribution in [1.29, 1.82) is 0 Å². The first-order valence-electron chi connectivity index (χ1n) is 5.76. The van der Waals surface area contributed by atoms with Gasteiger partial charge in [-0.15, -0.1) is 0 Å². The van der Waals surface area contributed by atoms with E-state index in [2.05, 4.69) is 10.1 Å². The van der Waals surface area contributed by atoms with Crippen LogP contribution in [0.3, 0.4) is 0 Å². The zero-order valence-corrected chi connectivity index (χ0v) is 10.5. The van der Waals surface area contributed by atoms with Gasteiger partial charge in [0.2, 0.25) is 0 Å². The Morgan fingerprint density at radius 3 is 2.50 bits per heavy atom. The van der Waals surface area contributed by atoms with E-state index in [0.717, 1.165) is 6.07 Å². The maximum Gasteiger partial charge on any atom is 0.309 e. The minimum Gasteiger partial charge on any atom is -0.469 e. The van der Waals surface area contributed by atoms with Crippen LogP contribution in [0.2, 0.25) is 0 Å². The topological polar surface area (TPSA) is 38.3 Å². The number of hydrogen-bond acceptors (Lipinski definition) is 3. The zero-order valence-electron chi connectivity index (χ0n) is 10.5. The normalized spacial score (nSPS) is 12.2. The third kappa shape index (κ3) is 4.79. The number of nitrogens with one attached hydrogen (secondary N) is 1. The van der Waals surface area contributed by atoms with E-state index in [-0.39, 0.29) is 11.9 Å². The van der Waals surface area contributed by atoms with Crippen LogP contribution < -0.4 is 5.32 Å². The van der Waals surface area contributed by atoms with Crippen LogP contribution in [-0.4, -0.2) is 26.2 Å². The Hall–Kier alpha value is -1.49. The standard InChI is InChI=1S/C13H17F2NO2/c1-9(13(17)18-2)8-16-4-3-10-5-11(14)7-12(15)6-10/h5-7,9,16H,3-4,8H2,1-2H3. The van der Waals surface area contributed by atoms with E-state index in [4.69, 9.17) is 0 Å². The first kappa shape index (κ1) is 14.6. The molecule has 0 spiro atoms. The first-order valence-corrected chi connectivity index (χ1v) is 5.76. The van der Waals surface area contributed by atoms with Crippen LogP contribution in [0.1, 0.15) is 12.5 Å². The van der Waals surface area contributed by atoms with Gasteiger partial charge in [0.15, 0.2) is 0 Å². The fourth-order valence-electron chi connectivity index (χ4n) is 1.59. The lowest BCUT2D eigenvalue weighted by atomic mass is 10.1. The highest BCUT2D eigenvalue weighted by Crippen LogP contribution is 2.08. The fourth-order valence-corrected chi connectivity index (χ4v) is 1.59. The summed E-state index contributed by atoms with van der Waals surface area (Å²) in [6, 6.07) is 3.44. The summed E-state index contributed by atoms with van der Waals surface area (Å²) in [6.45, 7) is 2.77. The molecule has 0 amide bonds. The summed E-state index contributed by atoms with van der Waals surface area (Å²) in [5, 5.41) is 3.04. The number of esters is 1. The molecule has 0 saturated carbocycles. The number of ether oxygens (including phenoxy) is 1. The van der Waals surface area contributed by atoms with E-state index in [0.29, 0.717) is 25.1 Å². The van der Waals surface area contributed by atoms with Gasteiger partial charge < -0.3 is 10.1 Å². The van der Waals surface area contributed by atoms with Crippen molar-refractivity contribution in [3.05, 3.63) is 35.4 Å². The van der Waals surface area contributed by atoms with Crippen LogP contribution in [0.5, 0.6) is 0 Å². The molecule has 0 saturated heterocycles. The molecular weight excluding hydrogens is 240 g/mol. The quantitative estimate of drug-likeness (QED) is 0.625. The highest BCUT2D eigenvalue weighted by atomic mass is 19.1. The smallest absolute Gasteiger partial charge is 0.309 e. The molecule has 0 heterocycles. The molecular formula is C13H17F2NO2. The Morgan fingerprint density at radius 2 is 1.94 bits per heavy atom. The minimum atomic E-state index is -0.576. The van der Waals surface area contributed by atoms with Crippen molar-refractivity contribution in [3.8, 4) is 0 Å². The van der Waals surface area contributed by atoms with Crippen LogP contribution in [0.25, 0.3) is 0 Å². The van der Waals surface area contributed by atoms with Crippen LogP contribution in [0.15, 0.2) is 18.2 Å². The van der Waals surface area contributed by atoms with Gasteiger partial charge in [-0.3, -0.25) is 4.79 Å². The lowest BCUT2D eigenvalue weighted by molar-refractivity contribution is -0.144. The molecule has 100 valence electrons. The maximum absolute atomic E-state index is 12.9. The number of methoxy groups -OCH3 is 1. The number of rotatable bonds is 6. The van der Waals surface area contributed by atoms with Gasteiger partial charge in [0, 0.05) is 12.6 Å². The van der Waals surface area contributed by atoms with Gasteiger partial charge in [-0.05, 0) is 30.7 Å². The van der Waals surface area contributed by atoms with Crippen molar-refractivity contribution in [2.75, 3.05) is 20.2 Å². The van der Waals surface area contributed by atoms with Crippen molar-refractivity contribution in [1.82, 2.24) is 5.32 Å². The molecule has 0 radical (unpaired) electrons. The molecule has 0 aromatic heterocycles. The van der Waals surface area contributed by atoms with Gasteiger partial charge in [0.1, 0.15) is 11.6 Å². The van der Waals surface area contributed by atoms with E-state index in [1.54, 1.807) is 6.92 Å². The molecule has 3 nitrogen and oxygen atoms in total. The summed E-state index contributed by atoms with van der Waals surface area (Å²) in [7, 11) is 1.34. The lowest BCUT2D eigenvalue weighted by Crippen LogP contribution is -2.28. The number of carbonyl (C=O) groups is 1. The first-order chi connectivity index (χ1) is 8.52. The molecule has 1 aromatic carbocycles. The Labute approximate surface area is 105 Å². The molecule has 1 N–H and O–H groups in total. The second kappa shape index (κ2) is 7.06. The number of hydrogen-bond donors (Lipinski definition) is 1. The van der Waals surface area contributed by atoms with Crippen molar-refractivity contribution in [3.63, 3.8) is 0 Å². The largest absolute Gasteiger partial charge is 0.469 e. The predicted molar refractivity (Wildman–Crippen MR) is 64.1 cm³/mol. The Morgan fingerprint density at radius 1 is 1.33 bits per heavy atom. The van der Waals surface area contributed by atoms with E-state index in [9.17, 15) is 13.6 Å². The predicted octanol–water partition coefficient (Wildman–Crippen LogP) is 1.91. The average molecular weight is 257 g/mol. The van der Waals surface area contributed by atoms with Gasteiger partial charge in [-0.1, -0.05) is 6.92 Å². The van der Waals surface area contributed by atoms with Gasteiger partial charge in [0.25, 0.3) is 0 Å². The second-order valence-corrected chi connectivity index (χ2v) is 4.16. The molecule has 1 atom stereocenters. The Balaban J connectivity index is 2.31. The van der Waals surface area contributed by atoms with E-state index in [1.165, 1.54) is 19.2 Å². The van der Waals surface area contributed by atoms with Crippen molar-refractivity contribution in [2.24, 2.45) is 5.92 Å². The maximum atomic E-state index is 12.9. The van der Waals surface area contributed by atoms with Gasteiger partial charge >= 0.3 is 5.97 Å². The Bertz CT molecular complexity index is 390. The van der Waals surface area contributed by atoms with Crippen LogP contribution in [0, 0.1) is 17.6 Å². The Kier molecular flexibility index (Phi) is 5.71. The molecule has 0 fully saturated rings. The van der Waals surface area contributed by atoms with Crippen molar-refractivity contribution < 1.29 is 18.3 Å². The van der Waals surface area contributed by atoms with E-state index in [1.807, 2.05) is 0 Å². The SMILES string of the molecule is COC(=O)C(C)CNCCc1cc(F)cc(F)c1. The second-order valence-electron chi connectivity index (χ2n) is 4.16. The third-order valence-corrected chi connectivity index (χ3v) is 2.57. The third-order valence-electron chi connectivity index (χ3n) is 2.57. The fraction of sp³-hybridized carbons (Fsp3) is 0.462. The highest BCUT2D eigenvalue weighted by molar-refractivity contribution is 5.71. The molecule has 1 aromatic rings. The summed E-state index contributed by atoms with van der Waals surface area (Å²) < 4.78 is 30.4. The van der Waals surface area contributed by atoms with Gasteiger partial charge in [-0.25, -0.2) is 8.78 Å². The van der Waals surface area contributed by atoms with E-state index < -0.39 is 11.6 Å². The molecule has 18 heavy (non-hydrogen) atoms. The summed E-state index contributed by atoms with van der Waals surface area (Å²) in [5.74, 6) is -1.67. The number of benzene rings is 1. The van der Waals surface area contributed by atoms with Crippen LogP contribution in [0.4, 0.5) is 8.78 Å². The number of halogens is 2. The monoisotopic (exact) mass is 257 g/mol. The molecule has 0 aliphatic carbocycles.